The second-order valence-electron chi connectivity index (χ2n) is 5.33. The summed E-state index contributed by atoms with van der Waals surface area (Å²) >= 11 is 0. The van der Waals surface area contributed by atoms with Crippen molar-refractivity contribution in [3.05, 3.63) is 0 Å². The molecule has 0 bridgehead atoms. The minimum atomic E-state index is -0.855. The quantitative estimate of drug-likeness (QED) is 0.649. The molecule has 4 amide bonds. The van der Waals surface area contributed by atoms with Gasteiger partial charge in [0.05, 0.1) is 19.0 Å². The Morgan fingerprint density at radius 3 is 2.67 bits per heavy atom. The van der Waals surface area contributed by atoms with E-state index < -0.39 is 11.6 Å². The van der Waals surface area contributed by atoms with Crippen molar-refractivity contribution in [2.75, 3.05) is 33.2 Å². The Kier molecular flexibility index (Phi) is 4.43. The number of urea groups is 1. The summed E-state index contributed by atoms with van der Waals surface area (Å²) in [6.07, 6.45) is 1.10. The fraction of sp³-hybridized carbons (Fsp3) is 0.692. The van der Waals surface area contributed by atoms with E-state index in [4.69, 9.17) is 5.26 Å². The molecule has 0 aromatic carbocycles. The molecule has 2 aliphatic rings. The van der Waals surface area contributed by atoms with Crippen LogP contribution < -0.4 is 10.6 Å². The van der Waals surface area contributed by atoms with Gasteiger partial charge in [0.15, 0.2) is 0 Å². The number of hydrogen-bond acceptors (Lipinski definition) is 5. The van der Waals surface area contributed by atoms with Gasteiger partial charge in [-0.15, -0.1) is 0 Å². The van der Waals surface area contributed by atoms with Crippen molar-refractivity contribution < 1.29 is 14.4 Å². The summed E-state index contributed by atoms with van der Waals surface area (Å²) in [7, 11) is 1.58. The normalized spacial score (nSPS) is 21.2. The number of nitrogens with zero attached hydrogens (tertiary/aromatic N) is 3. The summed E-state index contributed by atoms with van der Waals surface area (Å²) in [5.74, 6) is -0.314. The van der Waals surface area contributed by atoms with Crippen LogP contribution in [0.25, 0.3) is 0 Å². The number of nitriles is 1. The number of likely N-dealkylation sites (N-methyl/N-ethyl adjacent to an activating group) is 1. The first-order chi connectivity index (χ1) is 10.0. The molecule has 114 valence electrons. The SMILES string of the molecule is CNC(=O)CN1CCC2(CC1)NC(=O)N(CCC#N)C2=O. The molecule has 0 aromatic heterocycles. The number of imide groups is 1. The van der Waals surface area contributed by atoms with Crippen LogP contribution in [0.4, 0.5) is 4.79 Å². The third kappa shape index (κ3) is 2.97. The highest BCUT2D eigenvalue weighted by atomic mass is 16.2. The van der Waals surface area contributed by atoms with Crippen molar-refractivity contribution in [2.24, 2.45) is 0 Å². The molecule has 8 nitrogen and oxygen atoms in total. The van der Waals surface area contributed by atoms with Crippen molar-refractivity contribution in [1.82, 2.24) is 20.4 Å². The maximum Gasteiger partial charge on any atom is 0.325 e. The second-order valence-corrected chi connectivity index (χ2v) is 5.33. The number of rotatable bonds is 4. The van der Waals surface area contributed by atoms with E-state index in [0.29, 0.717) is 32.5 Å². The van der Waals surface area contributed by atoms with Crippen molar-refractivity contribution in [2.45, 2.75) is 24.8 Å². The molecule has 0 saturated carbocycles. The molecular weight excluding hydrogens is 274 g/mol. The third-order valence-corrected chi connectivity index (χ3v) is 4.05. The molecule has 2 fully saturated rings. The fourth-order valence-electron chi connectivity index (χ4n) is 2.75. The Bertz CT molecular complexity index is 491. The van der Waals surface area contributed by atoms with E-state index in [1.54, 1.807) is 7.05 Å². The Labute approximate surface area is 123 Å². The number of hydrogen-bond donors (Lipinski definition) is 2. The van der Waals surface area contributed by atoms with Crippen LogP contribution in [0.5, 0.6) is 0 Å². The van der Waals surface area contributed by atoms with Crippen LogP contribution in [0.1, 0.15) is 19.3 Å². The van der Waals surface area contributed by atoms with Crippen LogP contribution in [-0.2, 0) is 9.59 Å². The van der Waals surface area contributed by atoms with E-state index >= 15 is 0 Å². The molecule has 2 rings (SSSR count). The van der Waals surface area contributed by atoms with E-state index in [1.165, 1.54) is 0 Å². The maximum atomic E-state index is 12.4. The largest absolute Gasteiger partial charge is 0.358 e. The average Bonchev–Trinajstić information content (AvgIpc) is 2.71. The number of amides is 4. The highest BCUT2D eigenvalue weighted by Gasteiger charge is 2.52. The maximum absolute atomic E-state index is 12.4. The van der Waals surface area contributed by atoms with Crippen molar-refractivity contribution in [1.29, 1.82) is 5.26 Å². The molecule has 0 radical (unpaired) electrons. The van der Waals surface area contributed by atoms with Crippen LogP contribution in [0.2, 0.25) is 0 Å². The van der Waals surface area contributed by atoms with Gasteiger partial charge in [-0.05, 0) is 12.8 Å². The number of likely N-dealkylation sites (tertiary alicyclic amines) is 1. The molecule has 2 N–H and O–H groups in total. The predicted octanol–water partition coefficient (Wildman–Crippen LogP) is -0.968. The molecule has 0 aromatic rings. The van der Waals surface area contributed by atoms with Crippen molar-refractivity contribution >= 4 is 17.8 Å². The van der Waals surface area contributed by atoms with Gasteiger partial charge in [0.25, 0.3) is 5.91 Å². The Hall–Kier alpha value is -2.14. The Morgan fingerprint density at radius 2 is 2.10 bits per heavy atom. The minimum Gasteiger partial charge on any atom is -0.358 e. The van der Waals surface area contributed by atoms with Crippen molar-refractivity contribution in [3.63, 3.8) is 0 Å². The van der Waals surface area contributed by atoms with Gasteiger partial charge in [-0.3, -0.25) is 19.4 Å². The first kappa shape index (κ1) is 15.3. The summed E-state index contributed by atoms with van der Waals surface area (Å²) in [4.78, 5) is 38.7. The van der Waals surface area contributed by atoms with Crippen LogP contribution in [0.15, 0.2) is 0 Å². The molecule has 0 atom stereocenters. The molecule has 2 heterocycles. The highest BCUT2D eigenvalue weighted by molar-refractivity contribution is 6.07. The smallest absolute Gasteiger partial charge is 0.325 e. The zero-order valence-corrected chi connectivity index (χ0v) is 12.0. The Morgan fingerprint density at radius 1 is 1.43 bits per heavy atom. The first-order valence-corrected chi connectivity index (χ1v) is 6.96. The van der Waals surface area contributed by atoms with Gasteiger partial charge in [0.1, 0.15) is 5.54 Å². The molecule has 2 saturated heterocycles. The molecule has 2 aliphatic heterocycles. The second kappa shape index (κ2) is 6.10. The zero-order chi connectivity index (χ0) is 15.5. The summed E-state index contributed by atoms with van der Waals surface area (Å²) in [5.41, 5.74) is -0.855. The molecule has 8 heteroatoms. The lowest BCUT2D eigenvalue weighted by Gasteiger charge is -2.36. The third-order valence-electron chi connectivity index (χ3n) is 4.05. The summed E-state index contributed by atoms with van der Waals surface area (Å²) in [6.45, 7) is 1.58. The molecular formula is C13H19N5O3. The number of nitrogens with one attached hydrogen (secondary N) is 2. The molecule has 0 aliphatic carbocycles. The standard InChI is InChI=1S/C13H19N5O3/c1-15-10(19)9-17-7-3-13(4-8-17)11(20)18(6-2-5-14)12(21)16-13/h2-4,6-9H2,1H3,(H,15,19)(H,16,21). The van der Waals surface area contributed by atoms with Gasteiger partial charge in [-0.25, -0.2) is 4.79 Å². The van der Waals surface area contributed by atoms with Crippen LogP contribution >= 0.6 is 0 Å². The fourth-order valence-corrected chi connectivity index (χ4v) is 2.75. The average molecular weight is 293 g/mol. The number of carbonyl (C=O) groups excluding carboxylic acids is 3. The summed E-state index contributed by atoms with van der Waals surface area (Å²) in [5, 5.41) is 13.9. The van der Waals surface area contributed by atoms with E-state index in [0.717, 1.165) is 4.90 Å². The molecule has 0 unspecified atom stereocenters. The van der Waals surface area contributed by atoms with Gasteiger partial charge in [0, 0.05) is 26.7 Å². The van der Waals surface area contributed by atoms with Crippen LogP contribution in [0, 0.1) is 11.3 Å². The summed E-state index contributed by atoms with van der Waals surface area (Å²) in [6, 6.07) is 1.51. The highest BCUT2D eigenvalue weighted by Crippen LogP contribution is 2.29. The lowest BCUT2D eigenvalue weighted by Crippen LogP contribution is -2.55. The monoisotopic (exact) mass is 293 g/mol. The van der Waals surface area contributed by atoms with Gasteiger partial charge < -0.3 is 10.6 Å². The topological polar surface area (TPSA) is 106 Å². The number of carbonyl (C=O) groups is 3. The van der Waals surface area contributed by atoms with E-state index in [-0.39, 0.29) is 24.8 Å². The van der Waals surface area contributed by atoms with E-state index in [1.807, 2.05) is 11.0 Å². The summed E-state index contributed by atoms with van der Waals surface area (Å²) < 4.78 is 0. The lowest BCUT2D eigenvalue weighted by molar-refractivity contribution is -0.133. The Balaban J connectivity index is 1.97. The van der Waals surface area contributed by atoms with Gasteiger partial charge in [-0.1, -0.05) is 0 Å². The first-order valence-electron chi connectivity index (χ1n) is 6.96. The predicted molar refractivity (Wildman–Crippen MR) is 72.9 cm³/mol. The number of piperidine rings is 1. The zero-order valence-electron chi connectivity index (χ0n) is 12.0. The molecule has 1 spiro atoms. The van der Waals surface area contributed by atoms with Crippen molar-refractivity contribution in [3.8, 4) is 6.07 Å². The van der Waals surface area contributed by atoms with Crippen LogP contribution in [-0.4, -0.2) is 66.4 Å². The van der Waals surface area contributed by atoms with Gasteiger partial charge in [-0.2, -0.15) is 5.26 Å². The lowest BCUT2D eigenvalue weighted by atomic mass is 9.87. The molecule has 21 heavy (non-hydrogen) atoms. The van der Waals surface area contributed by atoms with Gasteiger partial charge in [0.2, 0.25) is 5.91 Å². The van der Waals surface area contributed by atoms with E-state index in [9.17, 15) is 14.4 Å². The van der Waals surface area contributed by atoms with E-state index in [2.05, 4.69) is 10.6 Å². The van der Waals surface area contributed by atoms with Gasteiger partial charge >= 0.3 is 6.03 Å². The van der Waals surface area contributed by atoms with Crippen LogP contribution in [0.3, 0.4) is 0 Å². The minimum absolute atomic E-state index is 0.0663.